The van der Waals surface area contributed by atoms with Gasteiger partial charge < -0.3 is 15.5 Å². The number of guanidine groups is 1. The molecule has 24 heavy (non-hydrogen) atoms. The number of hydrogen-bond donors (Lipinski definition) is 2. The molecule has 1 aromatic rings. The van der Waals surface area contributed by atoms with Crippen LogP contribution in [0.5, 0.6) is 0 Å². The number of likely N-dealkylation sites (N-methyl/N-ethyl adjacent to an activating group) is 1. The van der Waals surface area contributed by atoms with Crippen molar-refractivity contribution in [2.45, 2.75) is 26.6 Å². The van der Waals surface area contributed by atoms with Crippen LogP contribution in [-0.2, 0) is 17.5 Å². The lowest BCUT2D eigenvalue weighted by Gasteiger charge is -2.22. The van der Waals surface area contributed by atoms with E-state index in [9.17, 15) is 18.0 Å². The van der Waals surface area contributed by atoms with Crippen LogP contribution in [0.15, 0.2) is 29.3 Å². The average Bonchev–Trinajstić information content (AvgIpc) is 2.51. The maximum atomic E-state index is 12.6. The second-order valence-corrected chi connectivity index (χ2v) is 5.17. The third-order valence-electron chi connectivity index (χ3n) is 3.14. The van der Waals surface area contributed by atoms with Crippen LogP contribution in [0, 0.1) is 0 Å². The van der Waals surface area contributed by atoms with Crippen molar-refractivity contribution in [3.63, 3.8) is 0 Å². The predicted molar refractivity (Wildman–Crippen MR) is 87.6 cm³/mol. The summed E-state index contributed by atoms with van der Waals surface area (Å²) in [7, 11) is 1.76. The van der Waals surface area contributed by atoms with Crippen molar-refractivity contribution in [2.75, 3.05) is 26.7 Å². The van der Waals surface area contributed by atoms with Gasteiger partial charge in [-0.05, 0) is 31.5 Å². The molecule has 1 rings (SSSR count). The molecule has 5 nitrogen and oxygen atoms in total. The maximum Gasteiger partial charge on any atom is 0.416 e. The Balaban J connectivity index is 2.75. The van der Waals surface area contributed by atoms with E-state index in [1.807, 2.05) is 13.8 Å². The Kier molecular flexibility index (Phi) is 7.54. The van der Waals surface area contributed by atoms with E-state index in [-0.39, 0.29) is 12.5 Å². The first-order valence-corrected chi connectivity index (χ1v) is 7.70. The van der Waals surface area contributed by atoms with Gasteiger partial charge in [0.25, 0.3) is 0 Å². The first-order valence-electron chi connectivity index (χ1n) is 7.70. The smallest absolute Gasteiger partial charge is 0.357 e. The monoisotopic (exact) mass is 344 g/mol. The molecule has 0 radical (unpaired) electrons. The van der Waals surface area contributed by atoms with Crippen molar-refractivity contribution >= 4 is 11.9 Å². The van der Waals surface area contributed by atoms with Gasteiger partial charge in [-0.2, -0.15) is 13.2 Å². The van der Waals surface area contributed by atoms with Gasteiger partial charge in [-0.3, -0.25) is 4.79 Å². The molecule has 1 amide bonds. The molecule has 1 aromatic carbocycles. The molecule has 0 spiro atoms. The normalized spacial score (nSPS) is 12.0. The van der Waals surface area contributed by atoms with E-state index in [2.05, 4.69) is 15.6 Å². The molecule has 8 heteroatoms. The molecule has 0 aliphatic rings. The van der Waals surface area contributed by atoms with Crippen molar-refractivity contribution in [2.24, 2.45) is 4.99 Å². The molecule has 0 saturated carbocycles. The largest absolute Gasteiger partial charge is 0.416 e. The first kappa shape index (κ1) is 19.8. The molecule has 0 heterocycles. The number of aliphatic imine (C=N–C) groups is 1. The Hall–Kier alpha value is -2.25. The van der Waals surface area contributed by atoms with Crippen LogP contribution < -0.4 is 10.6 Å². The van der Waals surface area contributed by atoms with Crippen LogP contribution in [0.4, 0.5) is 13.2 Å². The molecule has 0 aliphatic carbocycles. The zero-order valence-corrected chi connectivity index (χ0v) is 14.1. The number of amides is 1. The highest BCUT2D eigenvalue weighted by molar-refractivity contribution is 5.84. The summed E-state index contributed by atoms with van der Waals surface area (Å²) in [4.78, 5) is 17.5. The molecule has 0 saturated heterocycles. The summed E-state index contributed by atoms with van der Waals surface area (Å²) < 4.78 is 37.7. The standard InChI is InChI=1S/C16H23F3N4O/c1-4-20-14(24)10-22-15(21-5-2)23(3)11-12-6-8-13(9-7-12)16(17,18)19/h6-9H,4-5,10-11H2,1-3H3,(H,20,24)(H,21,22). The van der Waals surface area contributed by atoms with Crippen LogP contribution in [0.25, 0.3) is 0 Å². The SMILES string of the molecule is CCNC(=O)CN=C(NCC)N(C)Cc1ccc(C(F)(F)F)cc1. The van der Waals surface area contributed by atoms with Gasteiger partial charge in [-0.15, -0.1) is 0 Å². The minimum absolute atomic E-state index is 0.00642. The van der Waals surface area contributed by atoms with Gasteiger partial charge in [0.1, 0.15) is 6.54 Å². The molecule has 0 bridgehead atoms. The Bertz CT molecular complexity index is 555. The van der Waals surface area contributed by atoms with Gasteiger partial charge >= 0.3 is 6.18 Å². The van der Waals surface area contributed by atoms with Crippen molar-refractivity contribution < 1.29 is 18.0 Å². The number of benzene rings is 1. The Morgan fingerprint density at radius 3 is 2.21 bits per heavy atom. The summed E-state index contributed by atoms with van der Waals surface area (Å²) in [6.07, 6.45) is -4.34. The van der Waals surface area contributed by atoms with Crippen molar-refractivity contribution in [3.8, 4) is 0 Å². The fourth-order valence-corrected chi connectivity index (χ4v) is 2.02. The number of nitrogens with one attached hydrogen (secondary N) is 2. The van der Waals surface area contributed by atoms with Crippen molar-refractivity contribution in [3.05, 3.63) is 35.4 Å². The summed E-state index contributed by atoms with van der Waals surface area (Å²) in [6.45, 7) is 5.24. The van der Waals surface area contributed by atoms with Crippen LogP contribution in [-0.4, -0.2) is 43.4 Å². The van der Waals surface area contributed by atoms with Crippen molar-refractivity contribution in [1.82, 2.24) is 15.5 Å². The number of carbonyl (C=O) groups is 1. The maximum absolute atomic E-state index is 12.6. The highest BCUT2D eigenvalue weighted by Crippen LogP contribution is 2.29. The lowest BCUT2D eigenvalue weighted by molar-refractivity contribution is -0.137. The van der Waals surface area contributed by atoms with Crippen LogP contribution in [0.3, 0.4) is 0 Å². The molecule has 0 fully saturated rings. The summed E-state index contributed by atoms with van der Waals surface area (Å²) in [5, 5.41) is 5.70. The van der Waals surface area contributed by atoms with Gasteiger partial charge in [0, 0.05) is 26.7 Å². The van der Waals surface area contributed by atoms with Gasteiger partial charge in [0.05, 0.1) is 5.56 Å². The third kappa shape index (κ3) is 6.47. The number of rotatable bonds is 6. The molecule has 0 unspecified atom stereocenters. The zero-order valence-electron chi connectivity index (χ0n) is 14.1. The number of alkyl halides is 3. The number of hydrogen-bond acceptors (Lipinski definition) is 2. The molecule has 2 N–H and O–H groups in total. The van der Waals surface area contributed by atoms with E-state index in [1.54, 1.807) is 11.9 Å². The Labute approximate surface area is 139 Å². The number of halogens is 3. The van der Waals surface area contributed by atoms with E-state index >= 15 is 0 Å². The van der Waals surface area contributed by atoms with E-state index in [0.717, 1.165) is 12.1 Å². The second-order valence-electron chi connectivity index (χ2n) is 5.17. The van der Waals surface area contributed by atoms with Gasteiger partial charge in [-0.1, -0.05) is 12.1 Å². The third-order valence-corrected chi connectivity index (χ3v) is 3.14. The molecule has 134 valence electrons. The summed E-state index contributed by atoms with van der Waals surface area (Å²) in [6, 6.07) is 4.99. The summed E-state index contributed by atoms with van der Waals surface area (Å²) in [5.74, 6) is 0.333. The molecular weight excluding hydrogens is 321 g/mol. The summed E-state index contributed by atoms with van der Waals surface area (Å²) in [5.41, 5.74) is 0.0415. The van der Waals surface area contributed by atoms with Crippen LogP contribution >= 0.6 is 0 Å². The van der Waals surface area contributed by atoms with Crippen LogP contribution in [0.1, 0.15) is 25.0 Å². The van der Waals surface area contributed by atoms with E-state index in [4.69, 9.17) is 0 Å². The first-order chi connectivity index (χ1) is 11.3. The van der Waals surface area contributed by atoms with Gasteiger partial charge in [-0.25, -0.2) is 4.99 Å². The van der Waals surface area contributed by atoms with Gasteiger partial charge in [0.15, 0.2) is 5.96 Å². The number of carbonyl (C=O) groups excluding carboxylic acids is 1. The highest BCUT2D eigenvalue weighted by Gasteiger charge is 2.29. The molecule has 0 atom stereocenters. The fraction of sp³-hybridized carbons (Fsp3) is 0.500. The average molecular weight is 344 g/mol. The highest BCUT2D eigenvalue weighted by atomic mass is 19.4. The van der Waals surface area contributed by atoms with Crippen LogP contribution in [0.2, 0.25) is 0 Å². The quantitative estimate of drug-likeness (QED) is 0.615. The molecule has 0 aromatic heterocycles. The second kappa shape index (κ2) is 9.14. The van der Waals surface area contributed by atoms with Crippen molar-refractivity contribution in [1.29, 1.82) is 0 Å². The van der Waals surface area contributed by atoms with Gasteiger partial charge in [0.2, 0.25) is 5.91 Å². The summed E-state index contributed by atoms with van der Waals surface area (Å²) >= 11 is 0. The molecular formula is C16H23F3N4O. The molecule has 0 aliphatic heterocycles. The Morgan fingerprint density at radius 1 is 1.12 bits per heavy atom. The predicted octanol–water partition coefficient (Wildman–Crippen LogP) is 2.24. The zero-order chi connectivity index (χ0) is 18.2. The van der Waals surface area contributed by atoms with E-state index in [1.165, 1.54) is 12.1 Å². The minimum atomic E-state index is -4.34. The number of nitrogens with zero attached hydrogens (tertiary/aromatic N) is 2. The lowest BCUT2D eigenvalue weighted by atomic mass is 10.1. The minimum Gasteiger partial charge on any atom is -0.357 e. The topological polar surface area (TPSA) is 56.7 Å². The Morgan fingerprint density at radius 2 is 1.71 bits per heavy atom. The van der Waals surface area contributed by atoms with E-state index in [0.29, 0.717) is 31.2 Å². The fourth-order valence-electron chi connectivity index (χ4n) is 2.02. The van der Waals surface area contributed by atoms with E-state index < -0.39 is 11.7 Å². The lowest BCUT2D eigenvalue weighted by Crippen LogP contribution is -2.39.